The molecule has 10 heteroatoms. The number of nitro benzene ring substituents is 1. The largest absolute Gasteiger partial charge is 0.416 e. The number of alkyl halides is 3. The average molecular weight is 436 g/mol. The molecule has 0 spiro atoms. The molecule has 1 aliphatic heterocycles. The maximum Gasteiger partial charge on any atom is 0.416 e. The second-order valence-corrected chi connectivity index (χ2v) is 7.44. The lowest BCUT2D eigenvalue weighted by Gasteiger charge is -2.16. The fraction of sp³-hybridized carbons (Fsp3) is 0.0526. The van der Waals surface area contributed by atoms with E-state index in [1.54, 1.807) is 12.1 Å². The van der Waals surface area contributed by atoms with Crippen LogP contribution >= 0.6 is 24.0 Å². The van der Waals surface area contributed by atoms with Gasteiger partial charge in [0.2, 0.25) is 0 Å². The van der Waals surface area contributed by atoms with Crippen molar-refractivity contribution in [3.05, 3.63) is 86.8 Å². The summed E-state index contributed by atoms with van der Waals surface area (Å²) in [5.41, 5.74) is -0.603. The van der Waals surface area contributed by atoms with Gasteiger partial charge in [0.1, 0.15) is 0 Å². The zero-order valence-corrected chi connectivity index (χ0v) is 16.1. The van der Waals surface area contributed by atoms with Gasteiger partial charge in [-0.25, -0.2) is 0 Å². The summed E-state index contributed by atoms with van der Waals surface area (Å²) in [6, 6.07) is 10.4. The molecule has 1 aliphatic rings. The highest BCUT2D eigenvalue weighted by atomic mass is 32.2. The molecule has 5 nitrogen and oxygen atoms in total. The number of rotatable bonds is 4. The second-order valence-electron chi connectivity index (χ2n) is 5.76. The van der Waals surface area contributed by atoms with Crippen LogP contribution in [0.3, 0.4) is 0 Å². The third kappa shape index (κ3) is 4.54. The number of nitro groups is 1. The van der Waals surface area contributed by atoms with E-state index in [2.05, 4.69) is 0 Å². The molecule has 1 amide bonds. The van der Waals surface area contributed by atoms with Crippen molar-refractivity contribution in [3.8, 4) is 0 Å². The third-order valence-electron chi connectivity index (χ3n) is 3.88. The van der Waals surface area contributed by atoms with Gasteiger partial charge in [0.15, 0.2) is 4.32 Å². The number of amides is 1. The fourth-order valence-corrected chi connectivity index (χ4v) is 3.81. The summed E-state index contributed by atoms with van der Waals surface area (Å²) in [5, 5.41) is 11.0. The topological polar surface area (TPSA) is 63.4 Å². The average Bonchev–Trinajstić information content (AvgIpc) is 2.95. The van der Waals surface area contributed by atoms with Gasteiger partial charge in [-0.2, -0.15) is 13.2 Å². The molecule has 3 rings (SSSR count). The van der Waals surface area contributed by atoms with Crippen molar-refractivity contribution < 1.29 is 22.9 Å². The summed E-state index contributed by atoms with van der Waals surface area (Å²) in [5.74, 6) is -0.563. The van der Waals surface area contributed by atoms with Crippen LogP contribution in [0.2, 0.25) is 0 Å². The van der Waals surface area contributed by atoms with E-state index in [1.807, 2.05) is 0 Å². The van der Waals surface area contributed by atoms with Crippen LogP contribution in [0.1, 0.15) is 11.1 Å². The van der Waals surface area contributed by atoms with Gasteiger partial charge < -0.3 is 0 Å². The standard InChI is InChI=1S/C19H11F3N2O3S2/c20-19(21,22)13-7-4-8-14(11-13)23-17(25)16(29-18(23)28)10-3-6-12-5-1-2-9-15(12)24(26)27/h1-11H/b6-3+,16-10+. The van der Waals surface area contributed by atoms with Gasteiger partial charge in [-0.1, -0.05) is 48.3 Å². The molecule has 1 heterocycles. The monoisotopic (exact) mass is 436 g/mol. The first kappa shape index (κ1) is 20.7. The van der Waals surface area contributed by atoms with Crippen LogP contribution in [-0.4, -0.2) is 15.2 Å². The van der Waals surface area contributed by atoms with Crippen LogP contribution in [-0.2, 0) is 11.0 Å². The number of hydrogen-bond donors (Lipinski definition) is 0. The Kier molecular flexibility index (Phi) is 5.85. The van der Waals surface area contributed by atoms with Gasteiger partial charge >= 0.3 is 6.18 Å². The minimum absolute atomic E-state index is 0.0217. The molecule has 1 fully saturated rings. The van der Waals surface area contributed by atoms with Crippen molar-refractivity contribution in [2.45, 2.75) is 6.18 Å². The molecule has 0 bridgehead atoms. The Bertz CT molecular complexity index is 1060. The normalized spacial score (nSPS) is 16.2. The molecule has 1 saturated heterocycles. The van der Waals surface area contributed by atoms with E-state index < -0.39 is 22.6 Å². The lowest BCUT2D eigenvalue weighted by Crippen LogP contribution is -2.27. The number of nitrogens with zero attached hydrogens (tertiary/aromatic N) is 2. The van der Waals surface area contributed by atoms with Crippen molar-refractivity contribution in [1.29, 1.82) is 0 Å². The maximum absolute atomic E-state index is 12.9. The van der Waals surface area contributed by atoms with Gasteiger partial charge in [0.25, 0.3) is 11.6 Å². The van der Waals surface area contributed by atoms with Crippen LogP contribution < -0.4 is 4.90 Å². The number of halogens is 3. The highest BCUT2D eigenvalue weighted by Gasteiger charge is 2.35. The SMILES string of the molecule is O=C1/C(=C\C=C\c2ccccc2[N+](=O)[O-])SC(=S)N1c1cccc(C(F)(F)F)c1. The summed E-state index contributed by atoms with van der Waals surface area (Å²) in [4.78, 5) is 24.4. The number of para-hydroxylation sites is 1. The van der Waals surface area contributed by atoms with E-state index in [9.17, 15) is 28.1 Å². The van der Waals surface area contributed by atoms with Crippen LogP contribution in [0, 0.1) is 10.1 Å². The first-order valence-corrected chi connectivity index (χ1v) is 9.26. The Hall–Kier alpha value is -2.98. The first-order chi connectivity index (χ1) is 13.7. The molecule has 2 aromatic rings. The molecule has 0 aliphatic carbocycles. The van der Waals surface area contributed by atoms with Crippen LogP contribution in [0.15, 0.2) is 65.6 Å². The predicted molar refractivity (Wildman–Crippen MR) is 109 cm³/mol. The van der Waals surface area contributed by atoms with Crippen molar-refractivity contribution in [2.24, 2.45) is 0 Å². The Balaban J connectivity index is 1.85. The van der Waals surface area contributed by atoms with E-state index in [1.165, 1.54) is 42.5 Å². The van der Waals surface area contributed by atoms with Crippen molar-refractivity contribution >= 4 is 51.7 Å². The third-order valence-corrected chi connectivity index (χ3v) is 5.20. The molecular weight excluding hydrogens is 425 g/mol. The second kappa shape index (κ2) is 8.18. The first-order valence-electron chi connectivity index (χ1n) is 8.04. The maximum atomic E-state index is 12.9. The molecule has 0 unspecified atom stereocenters. The van der Waals surface area contributed by atoms with E-state index in [0.29, 0.717) is 5.56 Å². The summed E-state index contributed by atoms with van der Waals surface area (Å²) in [7, 11) is 0. The molecule has 0 radical (unpaired) electrons. The van der Waals surface area contributed by atoms with E-state index in [-0.39, 0.29) is 20.6 Å². The molecule has 148 valence electrons. The number of hydrogen-bond acceptors (Lipinski definition) is 5. The zero-order chi connectivity index (χ0) is 21.2. The smallest absolute Gasteiger partial charge is 0.268 e. The Morgan fingerprint density at radius 2 is 1.86 bits per heavy atom. The molecule has 29 heavy (non-hydrogen) atoms. The van der Waals surface area contributed by atoms with Crippen LogP contribution in [0.5, 0.6) is 0 Å². The van der Waals surface area contributed by atoms with Crippen molar-refractivity contribution in [2.75, 3.05) is 4.90 Å². The van der Waals surface area contributed by atoms with Gasteiger partial charge in [0, 0.05) is 6.07 Å². The van der Waals surface area contributed by atoms with E-state index >= 15 is 0 Å². The van der Waals surface area contributed by atoms with Gasteiger partial charge in [-0.15, -0.1) is 0 Å². The fourth-order valence-electron chi connectivity index (χ4n) is 2.56. The van der Waals surface area contributed by atoms with E-state index in [4.69, 9.17) is 12.2 Å². The van der Waals surface area contributed by atoms with Crippen molar-refractivity contribution in [1.82, 2.24) is 0 Å². The molecule has 0 N–H and O–H groups in total. The lowest BCUT2D eigenvalue weighted by atomic mass is 10.1. The number of thiocarbonyl (C=S) groups is 1. The summed E-state index contributed by atoms with van der Waals surface area (Å²) in [6.07, 6.45) is -0.196. The number of allylic oxidation sites excluding steroid dienone is 2. The number of carbonyl (C=O) groups excluding carboxylic acids is 1. The van der Waals surface area contributed by atoms with Gasteiger partial charge in [-0.05, 0) is 36.4 Å². The summed E-state index contributed by atoms with van der Waals surface area (Å²) < 4.78 is 38.9. The predicted octanol–water partition coefficient (Wildman–Crippen LogP) is 5.58. The summed E-state index contributed by atoms with van der Waals surface area (Å²) >= 11 is 6.08. The Morgan fingerprint density at radius 3 is 2.55 bits per heavy atom. The quantitative estimate of drug-likeness (QED) is 0.271. The number of anilines is 1. The molecule has 0 atom stereocenters. The lowest BCUT2D eigenvalue weighted by molar-refractivity contribution is -0.385. The van der Waals surface area contributed by atoms with E-state index in [0.717, 1.165) is 28.8 Å². The highest BCUT2D eigenvalue weighted by molar-refractivity contribution is 8.27. The molecular formula is C19H11F3N2O3S2. The summed E-state index contributed by atoms with van der Waals surface area (Å²) in [6.45, 7) is 0. The molecule has 2 aromatic carbocycles. The number of benzene rings is 2. The van der Waals surface area contributed by atoms with Crippen LogP contribution in [0.4, 0.5) is 24.5 Å². The minimum atomic E-state index is -4.54. The van der Waals surface area contributed by atoms with Crippen molar-refractivity contribution in [3.63, 3.8) is 0 Å². The highest BCUT2D eigenvalue weighted by Crippen LogP contribution is 2.37. The minimum Gasteiger partial charge on any atom is -0.268 e. The molecule has 0 aromatic heterocycles. The number of carbonyl (C=O) groups is 1. The van der Waals surface area contributed by atoms with Crippen LogP contribution in [0.25, 0.3) is 6.08 Å². The number of thioether (sulfide) groups is 1. The van der Waals surface area contributed by atoms with Gasteiger partial charge in [-0.3, -0.25) is 19.8 Å². The van der Waals surface area contributed by atoms with Gasteiger partial charge in [0.05, 0.1) is 26.6 Å². The Labute approximate surface area is 172 Å². The Morgan fingerprint density at radius 1 is 1.14 bits per heavy atom. The molecule has 0 saturated carbocycles. The zero-order valence-electron chi connectivity index (χ0n) is 14.4.